The molecule has 1 atom stereocenters. The van der Waals surface area contributed by atoms with Crippen LogP contribution in [0.15, 0.2) is 48.5 Å². The van der Waals surface area contributed by atoms with Crippen molar-refractivity contribution < 1.29 is 14.3 Å². The third kappa shape index (κ3) is 6.25. The molecule has 2 aromatic carbocycles. The van der Waals surface area contributed by atoms with Crippen molar-refractivity contribution in [1.82, 2.24) is 0 Å². The van der Waals surface area contributed by atoms with Crippen LogP contribution >= 0.6 is 0 Å². The van der Waals surface area contributed by atoms with E-state index >= 15 is 0 Å². The fourth-order valence-corrected chi connectivity index (χ4v) is 2.57. The van der Waals surface area contributed by atoms with Crippen molar-refractivity contribution in [3.8, 4) is 11.5 Å². The number of unbranched alkanes of at least 4 members (excludes halogenated alkanes) is 3. The van der Waals surface area contributed by atoms with Gasteiger partial charge in [0, 0.05) is 0 Å². The summed E-state index contributed by atoms with van der Waals surface area (Å²) in [6.07, 6.45) is 6.10. The van der Waals surface area contributed by atoms with Gasteiger partial charge in [-0.2, -0.15) is 0 Å². The van der Waals surface area contributed by atoms with Gasteiger partial charge in [-0.05, 0) is 56.2 Å². The molecule has 136 valence electrons. The Morgan fingerprint density at radius 3 is 2.27 bits per heavy atom. The summed E-state index contributed by atoms with van der Waals surface area (Å²) in [4.78, 5) is 15.5. The monoisotopic (exact) mass is 351 g/mol. The van der Waals surface area contributed by atoms with Gasteiger partial charge in [-0.3, -0.25) is 0 Å². The standard InChI is InChI=1S/C22H25NO3/c1-4-5-6-7-8-17(2)25-20-13-9-18(10-14-20)22(24)26-21-15-11-19(23-3)12-16-21/h9-17H,4-8H2,1-2H3/t17-/m1/s1. The SMILES string of the molecule is [C-]#[N+]c1ccc(OC(=O)c2ccc(O[C@H](C)CCCCCC)cc2)cc1. The molecule has 0 fully saturated rings. The van der Waals surface area contributed by atoms with E-state index in [1.807, 2.05) is 0 Å². The maximum atomic E-state index is 12.2. The first-order valence-corrected chi connectivity index (χ1v) is 9.08. The van der Waals surface area contributed by atoms with E-state index in [2.05, 4.69) is 18.7 Å². The number of esters is 1. The van der Waals surface area contributed by atoms with E-state index in [-0.39, 0.29) is 6.10 Å². The molecular weight excluding hydrogens is 326 g/mol. The molecule has 0 radical (unpaired) electrons. The van der Waals surface area contributed by atoms with Crippen LogP contribution in [0, 0.1) is 6.57 Å². The molecule has 0 aliphatic heterocycles. The zero-order chi connectivity index (χ0) is 18.8. The topological polar surface area (TPSA) is 39.9 Å². The summed E-state index contributed by atoms with van der Waals surface area (Å²) in [5.74, 6) is 0.745. The Balaban J connectivity index is 1.85. The first-order valence-electron chi connectivity index (χ1n) is 9.08. The molecule has 2 aromatic rings. The molecule has 0 aliphatic rings. The minimum absolute atomic E-state index is 0.158. The van der Waals surface area contributed by atoms with Crippen molar-refractivity contribution in [3.05, 3.63) is 65.5 Å². The van der Waals surface area contributed by atoms with Gasteiger partial charge in [0.05, 0.1) is 18.2 Å². The number of nitrogens with zero attached hydrogens (tertiary/aromatic N) is 1. The maximum absolute atomic E-state index is 12.2. The lowest BCUT2D eigenvalue weighted by Crippen LogP contribution is -2.12. The summed E-state index contributed by atoms with van der Waals surface area (Å²) in [5, 5.41) is 0. The van der Waals surface area contributed by atoms with Crippen molar-refractivity contribution >= 4 is 11.7 Å². The van der Waals surface area contributed by atoms with E-state index in [4.69, 9.17) is 16.0 Å². The van der Waals surface area contributed by atoms with Crippen LogP contribution in [0.1, 0.15) is 56.3 Å². The van der Waals surface area contributed by atoms with Gasteiger partial charge >= 0.3 is 5.97 Å². The second kappa shape index (κ2) is 10.2. The second-order valence-electron chi connectivity index (χ2n) is 6.30. The van der Waals surface area contributed by atoms with Crippen LogP contribution in [0.5, 0.6) is 11.5 Å². The van der Waals surface area contributed by atoms with E-state index in [9.17, 15) is 4.79 Å². The van der Waals surface area contributed by atoms with E-state index in [0.717, 1.165) is 12.2 Å². The van der Waals surface area contributed by atoms with Crippen molar-refractivity contribution in [2.75, 3.05) is 0 Å². The summed E-state index contributed by atoms with van der Waals surface area (Å²) in [5.41, 5.74) is 0.970. The number of carbonyl (C=O) groups is 1. The zero-order valence-corrected chi connectivity index (χ0v) is 15.4. The van der Waals surface area contributed by atoms with E-state index in [0.29, 0.717) is 17.0 Å². The lowest BCUT2D eigenvalue weighted by atomic mass is 10.1. The Labute approximate surface area is 155 Å². The van der Waals surface area contributed by atoms with Gasteiger partial charge in [0.2, 0.25) is 0 Å². The lowest BCUT2D eigenvalue weighted by Gasteiger charge is -2.14. The molecule has 0 aliphatic carbocycles. The molecule has 2 rings (SSSR count). The first kappa shape index (κ1) is 19.5. The molecule has 4 heteroatoms. The normalized spacial score (nSPS) is 11.4. The smallest absolute Gasteiger partial charge is 0.343 e. The number of carbonyl (C=O) groups excluding carboxylic acids is 1. The lowest BCUT2D eigenvalue weighted by molar-refractivity contribution is 0.0734. The van der Waals surface area contributed by atoms with Crippen LogP contribution in [0.25, 0.3) is 4.85 Å². The average molecular weight is 351 g/mol. The van der Waals surface area contributed by atoms with Crippen LogP contribution in [-0.4, -0.2) is 12.1 Å². The van der Waals surface area contributed by atoms with Crippen LogP contribution in [0.3, 0.4) is 0 Å². The van der Waals surface area contributed by atoms with E-state index in [1.54, 1.807) is 48.5 Å². The Morgan fingerprint density at radius 1 is 1.00 bits per heavy atom. The molecule has 4 nitrogen and oxygen atoms in total. The van der Waals surface area contributed by atoms with Crippen LogP contribution < -0.4 is 9.47 Å². The first-order chi connectivity index (χ1) is 12.6. The molecule has 0 amide bonds. The summed E-state index contributed by atoms with van der Waals surface area (Å²) in [6.45, 7) is 11.2. The number of benzene rings is 2. The highest BCUT2D eigenvalue weighted by molar-refractivity contribution is 5.91. The summed E-state index contributed by atoms with van der Waals surface area (Å²) in [6, 6.07) is 13.5. The van der Waals surface area contributed by atoms with Crippen molar-refractivity contribution in [2.45, 2.75) is 52.1 Å². The predicted molar refractivity (Wildman–Crippen MR) is 103 cm³/mol. The summed E-state index contributed by atoms with van der Waals surface area (Å²) < 4.78 is 11.2. The molecule has 0 saturated heterocycles. The van der Waals surface area contributed by atoms with Crippen LogP contribution in [-0.2, 0) is 0 Å². The molecule has 0 aromatic heterocycles. The van der Waals surface area contributed by atoms with Crippen molar-refractivity contribution in [1.29, 1.82) is 0 Å². The minimum Gasteiger partial charge on any atom is -0.491 e. The Morgan fingerprint density at radius 2 is 1.65 bits per heavy atom. The second-order valence-corrected chi connectivity index (χ2v) is 6.30. The Bertz CT molecular complexity index is 729. The van der Waals surface area contributed by atoms with Crippen molar-refractivity contribution in [2.24, 2.45) is 0 Å². The van der Waals surface area contributed by atoms with Gasteiger partial charge in [-0.15, -0.1) is 0 Å². The summed E-state index contributed by atoms with van der Waals surface area (Å²) in [7, 11) is 0. The Hall–Kier alpha value is -2.80. The van der Waals surface area contributed by atoms with Gasteiger partial charge in [-0.1, -0.05) is 38.3 Å². The quantitative estimate of drug-likeness (QED) is 0.234. The van der Waals surface area contributed by atoms with Gasteiger partial charge < -0.3 is 9.47 Å². The van der Waals surface area contributed by atoms with Gasteiger partial charge in [0.1, 0.15) is 11.5 Å². The van der Waals surface area contributed by atoms with Gasteiger partial charge in [0.15, 0.2) is 5.69 Å². The minimum atomic E-state index is -0.431. The molecular formula is C22H25NO3. The molecule has 0 spiro atoms. The van der Waals surface area contributed by atoms with Gasteiger partial charge in [-0.25, -0.2) is 9.64 Å². The maximum Gasteiger partial charge on any atom is 0.343 e. The zero-order valence-electron chi connectivity index (χ0n) is 15.4. The van der Waals surface area contributed by atoms with E-state index in [1.165, 1.54) is 25.7 Å². The molecule has 0 unspecified atom stereocenters. The third-order valence-corrected chi connectivity index (χ3v) is 4.07. The highest BCUT2D eigenvalue weighted by atomic mass is 16.5. The Kier molecular flexibility index (Phi) is 7.70. The molecule has 0 N–H and O–H groups in total. The molecule has 26 heavy (non-hydrogen) atoms. The molecule has 0 bridgehead atoms. The molecule has 0 saturated carbocycles. The number of hydrogen-bond acceptors (Lipinski definition) is 3. The number of rotatable bonds is 9. The predicted octanol–water partition coefficient (Wildman–Crippen LogP) is 6.19. The molecule has 0 heterocycles. The number of ether oxygens (including phenoxy) is 2. The van der Waals surface area contributed by atoms with Gasteiger partial charge in [0.25, 0.3) is 0 Å². The average Bonchev–Trinajstić information content (AvgIpc) is 2.66. The summed E-state index contributed by atoms with van der Waals surface area (Å²) >= 11 is 0. The highest BCUT2D eigenvalue weighted by Crippen LogP contribution is 2.20. The fourth-order valence-electron chi connectivity index (χ4n) is 2.57. The van der Waals surface area contributed by atoms with Crippen molar-refractivity contribution in [3.63, 3.8) is 0 Å². The van der Waals surface area contributed by atoms with Crippen LogP contribution in [0.2, 0.25) is 0 Å². The fraction of sp³-hybridized carbons (Fsp3) is 0.364. The van der Waals surface area contributed by atoms with E-state index < -0.39 is 5.97 Å². The third-order valence-electron chi connectivity index (χ3n) is 4.07. The number of hydrogen-bond donors (Lipinski definition) is 0. The largest absolute Gasteiger partial charge is 0.491 e. The van der Waals surface area contributed by atoms with Crippen LogP contribution in [0.4, 0.5) is 5.69 Å². The highest BCUT2D eigenvalue weighted by Gasteiger charge is 2.10.